The van der Waals surface area contributed by atoms with Crippen molar-refractivity contribution in [2.75, 3.05) is 19.2 Å². The van der Waals surface area contributed by atoms with Crippen LogP contribution in [0.4, 0.5) is 11.4 Å². The minimum absolute atomic E-state index is 0.107. The van der Waals surface area contributed by atoms with E-state index in [0.29, 0.717) is 33.8 Å². The van der Waals surface area contributed by atoms with E-state index in [2.05, 4.69) is 10.3 Å². The molecule has 0 aliphatic carbocycles. The highest BCUT2D eigenvalue weighted by Crippen LogP contribution is 2.38. The minimum Gasteiger partial charge on any atom is -0.508 e. The van der Waals surface area contributed by atoms with E-state index in [1.807, 2.05) is 0 Å². The van der Waals surface area contributed by atoms with Crippen molar-refractivity contribution in [1.82, 2.24) is 4.98 Å². The van der Waals surface area contributed by atoms with Gasteiger partial charge in [0.05, 0.1) is 36.4 Å². The minimum atomic E-state index is 0.107. The second kappa shape index (κ2) is 6.41. The number of aromatic hydroxyl groups is 1. The molecule has 0 bridgehead atoms. The fourth-order valence-electron chi connectivity index (χ4n) is 2.47. The summed E-state index contributed by atoms with van der Waals surface area (Å²) >= 11 is 0. The largest absolute Gasteiger partial charge is 0.508 e. The van der Waals surface area contributed by atoms with Gasteiger partial charge in [0, 0.05) is 17.6 Å². The zero-order valence-electron chi connectivity index (χ0n) is 13.1. The van der Waals surface area contributed by atoms with Crippen LogP contribution in [-0.2, 0) is 0 Å². The summed E-state index contributed by atoms with van der Waals surface area (Å²) < 4.78 is 10.6. The van der Waals surface area contributed by atoms with Crippen molar-refractivity contribution in [3.05, 3.63) is 53.6 Å². The lowest BCUT2D eigenvalue weighted by molar-refractivity contribution is 0.356. The van der Waals surface area contributed by atoms with E-state index in [4.69, 9.17) is 9.47 Å². The van der Waals surface area contributed by atoms with Gasteiger partial charge >= 0.3 is 0 Å². The maximum atomic E-state index is 11.4. The molecule has 24 heavy (non-hydrogen) atoms. The highest BCUT2D eigenvalue weighted by molar-refractivity contribution is 5.95. The average Bonchev–Trinajstić information content (AvgIpc) is 2.62. The average molecular weight is 325 g/mol. The van der Waals surface area contributed by atoms with Gasteiger partial charge in [-0.25, -0.2) is 0 Å². The summed E-state index contributed by atoms with van der Waals surface area (Å²) in [5, 5.41) is 14.4. The summed E-state index contributed by atoms with van der Waals surface area (Å²) in [6.07, 6.45) is 1.59. The second-order valence-corrected chi connectivity index (χ2v) is 4.96. The third-order valence-electron chi connectivity index (χ3n) is 3.63. The Morgan fingerprint density at radius 1 is 1.04 bits per heavy atom. The number of methoxy groups -OCH3 is 2. The molecular formula is C17H15N3O4. The van der Waals surface area contributed by atoms with Crippen LogP contribution < -0.4 is 14.5 Å². The Balaban J connectivity index is 2.20. The number of aromatic nitrogens is 1. The molecule has 1 heterocycles. The number of nitroso groups, excluding NO2 is 1. The monoisotopic (exact) mass is 325 g/mol. The van der Waals surface area contributed by atoms with Crippen LogP contribution in [0.3, 0.4) is 0 Å². The quantitative estimate of drug-likeness (QED) is 0.568. The number of phenols is 1. The van der Waals surface area contributed by atoms with Gasteiger partial charge < -0.3 is 14.6 Å². The Bertz CT molecular complexity index is 881. The van der Waals surface area contributed by atoms with Crippen molar-refractivity contribution < 1.29 is 14.6 Å². The summed E-state index contributed by atoms with van der Waals surface area (Å²) in [6.45, 7) is 0. The fraction of sp³-hybridized carbons (Fsp3) is 0.118. The molecule has 7 nitrogen and oxygen atoms in total. The number of nitrogens with zero attached hydrogens (tertiary/aromatic N) is 3. The van der Waals surface area contributed by atoms with Gasteiger partial charge in [-0.15, -0.1) is 4.91 Å². The predicted octanol–water partition coefficient (Wildman–Crippen LogP) is 3.78. The Kier molecular flexibility index (Phi) is 4.15. The number of hydrogen-bond acceptors (Lipinski definition) is 6. The van der Waals surface area contributed by atoms with E-state index in [9.17, 15) is 10.0 Å². The SMILES string of the molecule is COc1cc2nccc(N(N=O)c3ccc(O)cc3)c2cc1OC. The maximum absolute atomic E-state index is 11.4. The van der Waals surface area contributed by atoms with Crippen molar-refractivity contribution in [3.8, 4) is 17.2 Å². The topological polar surface area (TPSA) is 84.2 Å². The number of rotatable bonds is 5. The van der Waals surface area contributed by atoms with E-state index < -0.39 is 0 Å². The van der Waals surface area contributed by atoms with Gasteiger partial charge in [0.1, 0.15) is 5.75 Å². The third kappa shape index (κ3) is 2.67. The van der Waals surface area contributed by atoms with Crippen molar-refractivity contribution in [3.63, 3.8) is 0 Å². The van der Waals surface area contributed by atoms with E-state index >= 15 is 0 Å². The van der Waals surface area contributed by atoms with E-state index in [0.717, 1.165) is 0 Å². The zero-order valence-corrected chi connectivity index (χ0v) is 13.1. The molecule has 3 rings (SSSR count). The first-order chi connectivity index (χ1) is 11.7. The van der Waals surface area contributed by atoms with Gasteiger partial charge in [-0.2, -0.15) is 5.01 Å². The molecule has 122 valence electrons. The van der Waals surface area contributed by atoms with Gasteiger partial charge in [-0.05, 0) is 36.4 Å². The molecule has 0 unspecified atom stereocenters. The molecule has 7 heteroatoms. The lowest BCUT2D eigenvalue weighted by Crippen LogP contribution is -2.08. The lowest BCUT2D eigenvalue weighted by Gasteiger charge is -2.18. The molecule has 0 fully saturated rings. The van der Waals surface area contributed by atoms with Crippen molar-refractivity contribution in [2.24, 2.45) is 5.29 Å². The standard InChI is InChI=1S/C17H15N3O4/c1-23-16-9-13-14(10-17(16)24-2)18-8-7-15(13)20(19-22)11-3-5-12(21)6-4-11/h3-10,21H,1-2H3. The van der Waals surface area contributed by atoms with Crippen LogP contribution in [0, 0.1) is 4.91 Å². The Labute approximate surface area is 138 Å². The number of phenolic OH excluding ortho intramolecular Hbond substituents is 1. The second-order valence-electron chi connectivity index (χ2n) is 4.96. The van der Waals surface area contributed by atoms with Gasteiger partial charge in [-0.3, -0.25) is 4.98 Å². The molecule has 3 aromatic rings. The summed E-state index contributed by atoms with van der Waals surface area (Å²) in [6, 6.07) is 11.3. The maximum Gasteiger partial charge on any atom is 0.162 e. The molecule has 0 atom stereocenters. The number of anilines is 2. The molecule has 0 radical (unpaired) electrons. The van der Waals surface area contributed by atoms with E-state index in [-0.39, 0.29) is 5.75 Å². The van der Waals surface area contributed by atoms with Crippen LogP contribution in [0.5, 0.6) is 17.2 Å². The van der Waals surface area contributed by atoms with Crippen LogP contribution in [0.25, 0.3) is 10.9 Å². The van der Waals surface area contributed by atoms with Gasteiger partial charge in [-0.1, -0.05) is 0 Å². The van der Waals surface area contributed by atoms with Crippen molar-refractivity contribution in [2.45, 2.75) is 0 Å². The van der Waals surface area contributed by atoms with E-state index in [1.54, 1.807) is 43.6 Å². The molecule has 0 aliphatic rings. The molecule has 1 N–H and O–H groups in total. The van der Waals surface area contributed by atoms with Crippen molar-refractivity contribution >= 4 is 22.3 Å². The normalized spacial score (nSPS) is 10.4. The van der Waals surface area contributed by atoms with Crippen LogP contribution in [-0.4, -0.2) is 24.3 Å². The first kappa shape index (κ1) is 15.5. The third-order valence-corrected chi connectivity index (χ3v) is 3.63. The van der Waals surface area contributed by atoms with Crippen LogP contribution in [0.1, 0.15) is 0 Å². The number of pyridine rings is 1. The first-order valence-corrected chi connectivity index (χ1v) is 7.11. The Morgan fingerprint density at radius 3 is 2.33 bits per heavy atom. The van der Waals surface area contributed by atoms with Crippen LogP contribution >= 0.6 is 0 Å². The zero-order chi connectivity index (χ0) is 17.1. The Hall–Kier alpha value is -3.35. The fourth-order valence-corrected chi connectivity index (χ4v) is 2.47. The first-order valence-electron chi connectivity index (χ1n) is 7.11. The molecule has 0 aliphatic heterocycles. The molecule has 0 amide bonds. The van der Waals surface area contributed by atoms with Gasteiger partial charge in [0.15, 0.2) is 11.5 Å². The molecular weight excluding hydrogens is 310 g/mol. The number of benzene rings is 2. The van der Waals surface area contributed by atoms with E-state index in [1.165, 1.54) is 24.3 Å². The smallest absolute Gasteiger partial charge is 0.162 e. The summed E-state index contributed by atoms with van der Waals surface area (Å²) in [4.78, 5) is 15.8. The summed E-state index contributed by atoms with van der Waals surface area (Å²) in [5.41, 5.74) is 1.70. The molecule has 2 aromatic carbocycles. The predicted molar refractivity (Wildman–Crippen MR) is 90.9 cm³/mol. The van der Waals surface area contributed by atoms with Gasteiger partial charge in [0.2, 0.25) is 0 Å². The number of fused-ring (bicyclic) bond motifs is 1. The number of hydrogen-bond donors (Lipinski definition) is 1. The number of ether oxygens (including phenoxy) is 2. The Morgan fingerprint density at radius 2 is 1.71 bits per heavy atom. The summed E-state index contributed by atoms with van der Waals surface area (Å²) in [5.74, 6) is 1.18. The summed E-state index contributed by atoms with van der Waals surface area (Å²) in [7, 11) is 3.08. The van der Waals surface area contributed by atoms with Gasteiger partial charge in [0.25, 0.3) is 0 Å². The molecule has 0 saturated heterocycles. The van der Waals surface area contributed by atoms with Crippen molar-refractivity contribution in [1.29, 1.82) is 0 Å². The highest BCUT2D eigenvalue weighted by atomic mass is 16.5. The molecule has 0 spiro atoms. The lowest BCUT2D eigenvalue weighted by atomic mass is 10.1. The molecule has 1 aromatic heterocycles. The van der Waals surface area contributed by atoms with Crippen LogP contribution in [0.15, 0.2) is 53.9 Å². The highest BCUT2D eigenvalue weighted by Gasteiger charge is 2.16. The molecule has 0 saturated carbocycles. The van der Waals surface area contributed by atoms with Crippen LogP contribution in [0.2, 0.25) is 0 Å².